The number of amides is 1. The molecule has 2 aliphatic heterocycles. The fourth-order valence-corrected chi connectivity index (χ4v) is 13.6. The molecule has 256 valence electrons. The molecule has 5 saturated carbocycles. The summed E-state index contributed by atoms with van der Waals surface area (Å²) >= 11 is 0. The molecule has 45 heavy (non-hydrogen) atoms. The van der Waals surface area contributed by atoms with Crippen LogP contribution < -0.4 is 0 Å². The molecule has 8 nitrogen and oxygen atoms in total. The first kappa shape index (κ1) is 32.6. The molecule has 8 heteroatoms. The summed E-state index contributed by atoms with van der Waals surface area (Å²) in [4.78, 5) is 15.0. The summed E-state index contributed by atoms with van der Waals surface area (Å²) in [6.45, 7) is 20.5. The zero-order chi connectivity index (χ0) is 32.4. The maximum absolute atomic E-state index is 13.2. The van der Waals surface area contributed by atoms with Gasteiger partial charge in [0.05, 0.1) is 37.1 Å². The van der Waals surface area contributed by atoms with Crippen LogP contribution in [-0.4, -0.2) is 90.2 Å². The van der Waals surface area contributed by atoms with Crippen LogP contribution in [0.25, 0.3) is 0 Å². The van der Waals surface area contributed by atoms with Crippen LogP contribution in [0.5, 0.6) is 0 Å². The van der Waals surface area contributed by atoms with Crippen molar-refractivity contribution in [2.45, 2.75) is 143 Å². The van der Waals surface area contributed by atoms with E-state index >= 15 is 0 Å². The van der Waals surface area contributed by atoms with Crippen molar-refractivity contribution in [1.82, 2.24) is 4.90 Å². The van der Waals surface area contributed by atoms with Gasteiger partial charge in [0.25, 0.3) is 0 Å². The van der Waals surface area contributed by atoms with E-state index in [1.54, 1.807) is 0 Å². The Kier molecular flexibility index (Phi) is 7.63. The normalized spacial score (nSPS) is 50.8. The summed E-state index contributed by atoms with van der Waals surface area (Å²) in [5, 5.41) is 23.6. The van der Waals surface area contributed by atoms with Crippen molar-refractivity contribution < 1.29 is 34.0 Å². The van der Waals surface area contributed by atoms with Gasteiger partial charge in [-0.05, 0) is 112 Å². The van der Waals surface area contributed by atoms with Crippen LogP contribution in [0.2, 0.25) is 0 Å². The van der Waals surface area contributed by atoms with E-state index in [9.17, 15) is 15.0 Å². The fraction of sp³-hybridized carbons (Fsp3) is 0.973. The maximum atomic E-state index is 13.2. The third kappa shape index (κ3) is 4.29. The van der Waals surface area contributed by atoms with Gasteiger partial charge in [0.1, 0.15) is 12.2 Å². The topological polar surface area (TPSA) is 97.7 Å². The molecular formula is C37H61NO7. The van der Waals surface area contributed by atoms with Gasteiger partial charge in [-0.3, -0.25) is 0 Å². The Balaban J connectivity index is 1.14. The van der Waals surface area contributed by atoms with Gasteiger partial charge in [0.2, 0.25) is 0 Å². The summed E-state index contributed by atoms with van der Waals surface area (Å²) in [6.07, 6.45) is 7.04. The van der Waals surface area contributed by atoms with Crippen LogP contribution in [0.1, 0.15) is 107 Å². The van der Waals surface area contributed by atoms with Crippen molar-refractivity contribution in [2.75, 3.05) is 32.9 Å². The van der Waals surface area contributed by atoms with Crippen LogP contribution >= 0.6 is 0 Å². The smallest absolute Gasteiger partial charge is 0.410 e. The average Bonchev–Trinajstić information content (AvgIpc) is 3.61. The van der Waals surface area contributed by atoms with Crippen LogP contribution in [0.3, 0.4) is 0 Å². The molecular weight excluding hydrogens is 570 g/mol. The number of nitrogens with zero attached hydrogens (tertiary/aromatic N) is 1. The molecule has 5 aliphatic carbocycles. The molecule has 7 aliphatic rings. The van der Waals surface area contributed by atoms with E-state index < -0.39 is 17.8 Å². The highest BCUT2D eigenvalue weighted by atomic mass is 16.6. The Morgan fingerprint density at radius 1 is 1.02 bits per heavy atom. The van der Waals surface area contributed by atoms with Crippen LogP contribution in [0, 0.1) is 50.7 Å². The van der Waals surface area contributed by atoms with Gasteiger partial charge in [-0.1, -0.05) is 34.6 Å². The van der Waals surface area contributed by atoms with Gasteiger partial charge in [0, 0.05) is 30.5 Å². The molecule has 2 heterocycles. The zero-order valence-electron chi connectivity index (χ0n) is 29.3. The van der Waals surface area contributed by atoms with Crippen LogP contribution in [0.4, 0.5) is 4.79 Å². The van der Waals surface area contributed by atoms with Gasteiger partial charge in [-0.2, -0.15) is 0 Å². The molecule has 0 aromatic carbocycles. The minimum Gasteiger partial charge on any atom is -0.446 e. The van der Waals surface area contributed by atoms with E-state index in [-0.39, 0.29) is 57.4 Å². The van der Waals surface area contributed by atoms with Gasteiger partial charge >= 0.3 is 6.09 Å². The maximum Gasteiger partial charge on any atom is 0.410 e. The molecule has 0 bridgehead atoms. The Morgan fingerprint density at radius 3 is 2.36 bits per heavy atom. The SMILES string of the molecule is CCO[C@@H]([C@H]1C[C@@H](C)[C@@H]2[C@H](O1)[C@H](O)[C@@]1(C)[C@@H]3CC[C@H]4C(C)(C)[C@@H](OC(=O)N5CCOCC5)CC[C@@]45C[C@@]35CC[C@]21C)C(C)(C)O. The van der Waals surface area contributed by atoms with Gasteiger partial charge in [-0.25, -0.2) is 4.79 Å². The summed E-state index contributed by atoms with van der Waals surface area (Å²) < 4.78 is 24.8. The number of morpholine rings is 1. The second kappa shape index (κ2) is 10.5. The lowest BCUT2D eigenvalue weighted by Gasteiger charge is -2.63. The van der Waals surface area contributed by atoms with Gasteiger partial charge < -0.3 is 34.1 Å². The Morgan fingerprint density at radius 2 is 1.69 bits per heavy atom. The molecule has 13 atom stereocenters. The standard InChI is InChI=1S/C37H61NO7/c1-9-43-30(33(5,6)41)23-20-22(2)27-28(44-23)29(39)35(8)25-11-10-24-32(3,4)26(45-31(40)38-16-18-42-19-17-38)12-13-36(24)21-37(25,36)15-14-34(27,35)7/h22-30,39,41H,9-21H2,1-8H3/t22-,23-,24+,25+,26+,27-,28+,29+,30+,34-,35-,36-,37+/m1/s1. The van der Waals surface area contributed by atoms with E-state index in [4.69, 9.17) is 18.9 Å². The number of aliphatic hydroxyl groups excluding tert-OH is 1. The highest BCUT2D eigenvalue weighted by molar-refractivity contribution is 5.68. The first-order chi connectivity index (χ1) is 21.1. The lowest BCUT2D eigenvalue weighted by Crippen LogP contribution is -2.60. The number of rotatable bonds is 5. The summed E-state index contributed by atoms with van der Waals surface area (Å²) in [5.41, 5.74) is -0.840. The van der Waals surface area contributed by atoms with Gasteiger partial charge in [0.15, 0.2) is 0 Å². The van der Waals surface area contributed by atoms with E-state index in [0.29, 0.717) is 50.7 Å². The Bertz CT molecular complexity index is 1160. The van der Waals surface area contributed by atoms with Crippen molar-refractivity contribution in [2.24, 2.45) is 50.7 Å². The number of ether oxygens (including phenoxy) is 4. The number of hydrogen-bond donors (Lipinski definition) is 2. The lowest BCUT2D eigenvalue weighted by molar-refractivity contribution is -0.215. The zero-order valence-corrected chi connectivity index (χ0v) is 29.3. The summed E-state index contributed by atoms with van der Waals surface area (Å²) in [6, 6.07) is 0. The van der Waals surface area contributed by atoms with Crippen LogP contribution in [0.15, 0.2) is 0 Å². The third-order valence-electron chi connectivity index (χ3n) is 15.7. The minimum atomic E-state index is -1.03. The third-order valence-corrected chi connectivity index (χ3v) is 15.7. The molecule has 0 aromatic heterocycles. The fourth-order valence-electron chi connectivity index (χ4n) is 13.6. The number of hydrogen-bond acceptors (Lipinski definition) is 7. The highest BCUT2D eigenvalue weighted by Gasteiger charge is 2.84. The highest BCUT2D eigenvalue weighted by Crippen LogP contribution is 2.89. The first-order valence-electron chi connectivity index (χ1n) is 18.3. The molecule has 7 rings (SSSR count). The summed E-state index contributed by atoms with van der Waals surface area (Å²) in [7, 11) is 0. The predicted molar refractivity (Wildman–Crippen MR) is 170 cm³/mol. The number of carbonyl (C=O) groups is 1. The van der Waals surface area contributed by atoms with Gasteiger partial charge in [-0.15, -0.1) is 0 Å². The van der Waals surface area contributed by atoms with E-state index in [2.05, 4.69) is 34.6 Å². The number of carbonyl (C=O) groups excluding carboxylic acids is 1. The van der Waals surface area contributed by atoms with Crippen molar-refractivity contribution in [1.29, 1.82) is 0 Å². The van der Waals surface area contributed by atoms with E-state index in [0.717, 1.165) is 38.5 Å². The van der Waals surface area contributed by atoms with Crippen LogP contribution in [-0.2, 0) is 18.9 Å². The molecule has 0 unspecified atom stereocenters. The largest absolute Gasteiger partial charge is 0.446 e. The first-order valence-corrected chi connectivity index (χ1v) is 18.3. The monoisotopic (exact) mass is 631 g/mol. The van der Waals surface area contributed by atoms with Crippen molar-refractivity contribution >= 4 is 6.09 Å². The Labute approximate surface area is 271 Å². The quantitative estimate of drug-likeness (QED) is 0.395. The molecule has 2 saturated heterocycles. The lowest BCUT2D eigenvalue weighted by atomic mass is 9.41. The van der Waals surface area contributed by atoms with E-state index in [1.165, 1.54) is 12.8 Å². The summed E-state index contributed by atoms with van der Waals surface area (Å²) in [5.74, 6) is 1.63. The minimum absolute atomic E-state index is 0.00967. The van der Waals surface area contributed by atoms with Crippen molar-refractivity contribution in [3.63, 3.8) is 0 Å². The second-order valence-electron chi connectivity index (χ2n) is 18.1. The van der Waals surface area contributed by atoms with E-state index in [1.807, 2.05) is 25.7 Å². The van der Waals surface area contributed by atoms with Crippen molar-refractivity contribution in [3.05, 3.63) is 0 Å². The molecule has 2 spiro atoms. The van der Waals surface area contributed by atoms with Crippen molar-refractivity contribution in [3.8, 4) is 0 Å². The molecule has 0 aromatic rings. The second-order valence-corrected chi connectivity index (χ2v) is 18.1. The predicted octanol–water partition coefficient (Wildman–Crippen LogP) is 5.81. The molecule has 1 amide bonds. The Hall–Kier alpha value is -0.930. The average molecular weight is 632 g/mol. The number of fused-ring (bicyclic) bond motifs is 4. The molecule has 7 fully saturated rings. The number of aliphatic hydroxyl groups is 2. The molecule has 0 radical (unpaired) electrons. The molecule has 2 N–H and O–H groups in total.